The minimum atomic E-state index is -4.45. The Balaban J connectivity index is 3.25. The minimum Gasteiger partial charge on any atom is -0.462 e. The van der Waals surface area contributed by atoms with Crippen molar-refractivity contribution in [3.63, 3.8) is 0 Å². The van der Waals surface area contributed by atoms with Crippen LogP contribution in [0.2, 0.25) is 0 Å². The second-order valence-electron chi connectivity index (χ2n) is 3.35. The molecule has 1 aromatic rings. The van der Waals surface area contributed by atoms with Crippen molar-refractivity contribution in [1.29, 1.82) is 0 Å². The molecule has 0 N–H and O–H groups in total. The number of hydrogen-bond acceptors (Lipinski definition) is 3. The third-order valence-electron chi connectivity index (χ3n) is 2.23. The van der Waals surface area contributed by atoms with Crippen LogP contribution in [-0.2, 0) is 10.9 Å². The first kappa shape index (κ1) is 13.9. The predicted octanol–water partition coefficient (Wildman–Crippen LogP) is 3.48. The molecule has 0 fully saturated rings. The van der Waals surface area contributed by atoms with E-state index in [1.807, 2.05) is 0 Å². The first-order valence-electron chi connectivity index (χ1n) is 4.86. The molecule has 0 bridgehead atoms. The van der Waals surface area contributed by atoms with Gasteiger partial charge < -0.3 is 4.74 Å². The molecular weight excluding hydrogens is 253 g/mol. The fraction of sp³-hybridized carbons (Fsp3) is 0.364. The SMILES string of the molecule is CCOC(=O)c1ccc(C(F)(F)F)c(C)c1S. The second-order valence-corrected chi connectivity index (χ2v) is 3.80. The molecule has 0 spiro atoms. The molecule has 94 valence electrons. The summed E-state index contributed by atoms with van der Waals surface area (Å²) in [4.78, 5) is 11.4. The van der Waals surface area contributed by atoms with Gasteiger partial charge in [0.1, 0.15) is 0 Å². The van der Waals surface area contributed by atoms with Gasteiger partial charge in [-0.05, 0) is 31.5 Å². The maximum Gasteiger partial charge on any atom is 0.416 e. The van der Waals surface area contributed by atoms with E-state index >= 15 is 0 Å². The molecule has 0 unspecified atom stereocenters. The number of alkyl halides is 3. The lowest BCUT2D eigenvalue weighted by atomic mass is 10.0. The van der Waals surface area contributed by atoms with Crippen molar-refractivity contribution in [2.24, 2.45) is 0 Å². The van der Waals surface area contributed by atoms with Gasteiger partial charge in [0.15, 0.2) is 0 Å². The Labute approximate surface area is 102 Å². The van der Waals surface area contributed by atoms with Gasteiger partial charge in [-0.25, -0.2) is 4.79 Å². The molecule has 0 atom stereocenters. The number of halogens is 3. The van der Waals surface area contributed by atoms with Gasteiger partial charge in [-0.15, -0.1) is 12.6 Å². The summed E-state index contributed by atoms with van der Waals surface area (Å²) in [6, 6.07) is 1.94. The molecule has 0 radical (unpaired) electrons. The molecule has 0 aliphatic carbocycles. The fourth-order valence-corrected chi connectivity index (χ4v) is 1.67. The van der Waals surface area contributed by atoms with Gasteiger partial charge >= 0.3 is 12.1 Å². The molecule has 0 saturated carbocycles. The highest BCUT2D eigenvalue weighted by Crippen LogP contribution is 2.35. The summed E-state index contributed by atoms with van der Waals surface area (Å²) in [5, 5.41) is 0. The Kier molecular flexibility index (Phi) is 4.08. The summed E-state index contributed by atoms with van der Waals surface area (Å²) in [6.45, 7) is 3.05. The number of hydrogen-bond donors (Lipinski definition) is 1. The van der Waals surface area contributed by atoms with Crippen LogP contribution in [0.5, 0.6) is 0 Å². The van der Waals surface area contributed by atoms with Crippen molar-refractivity contribution in [3.05, 3.63) is 28.8 Å². The van der Waals surface area contributed by atoms with Gasteiger partial charge in [0.05, 0.1) is 17.7 Å². The van der Waals surface area contributed by atoms with E-state index in [1.54, 1.807) is 6.92 Å². The van der Waals surface area contributed by atoms with E-state index in [0.29, 0.717) is 0 Å². The average Bonchev–Trinajstić information content (AvgIpc) is 2.20. The highest BCUT2D eigenvalue weighted by Gasteiger charge is 2.33. The molecule has 0 saturated heterocycles. The quantitative estimate of drug-likeness (QED) is 0.654. The minimum absolute atomic E-state index is 0.00160. The molecular formula is C11H11F3O2S. The number of thiol groups is 1. The number of benzene rings is 1. The molecule has 0 aliphatic rings. The lowest BCUT2D eigenvalue weighted by Gasteiger charge is -2.14. The zero-order valence-corrected chi connectivity index (χ0v) is 10.2. The van der Waals surface area contributed by atoms with E-state index in [9.17, 15) is 18.0 Å². The molecule has 0 amide bonds. The second kappa shape index (κ2) is 5.00. The van der Waals surface area contributed by atoms with Gasteiger partial charge in [-0.2, -0.15) is 13.2 Å². The van der Waals surface area contributed by atoms with Crippen LogP contribution in [-0.4, -0.2) is 12.6 Å². The van der Waals surface area contributed by atoms with Crippen molar-refractivity contribution >= 4 is 18.6 Å². The van der Waals surface area contributed by atoms with Crippen LogP contribution in [0.3, 0.4) is 0 Å². The van der Waals surface area contributed by atoms with Crippen molar-refractivity contribution in [3.8, 4) is 0 Å². The molecule has 1 rings (SSSR count). The third kappa shape index (κ3) is 2.94. The predicted molar refractivity (Wildman–Crippen MR) is 59.4 cm³/mol. The Bertz CT molecular complexity index is 441. The fourth-order valence-electron chi connectivity index (χ4n) is 1.38. The van der Waals surface area contributed by atoms with Crippen molar-refractivity contribution in [2.75, 3.05) is 6.61 Å². The summed E-state index contributed by atoms with van der Waals surface area (Å²) < 4.78 is 42.4. The van der Waals surface area contributed by atoms with Gasteiger partial charge in [0.25, 0.3) is 0 Å². The highest BCUT2D eigenvalue weighted by atomic mass is 32.1. The number of ether oxygens (including phenoxy) is 1. The summed E-state index contributed by atoms with van der Waals surface area (Å²) >= 11 is 3.94. The smallest absolute Gasteiger partial charge is 0.416 e. The molecule has 0 heterocycles. The monoisotopic (exact) mass is 264 g/mol. The van der Waals surface area contributed by atoms with E-state index in [1.165, 1.54) is 6.92 Å². The maximum absolute atomic E-state index is 12.6. The van der Waals surface area contributed by atoms with Crippen LogP contribution in [0.1, 0.15) is 28.4 Å². The number of rotatable bonds is 2. The Morgan fingerprint density at radius 3 is 2.47 bits per heavy atom. The number of carbonyl (C=O) groups is 1. The topological polar surface area (TPSA) is 26.3 Å². The van der Waals surface area contributed by atoms with E-state index in [4.69, 9.17) is 4.74 Å². The van der Waals surface area contributed by atoms with Crippen LogP contribution in [0, 0.1) is 6.92 Å². The first-order valence-corrected chi connectivity index (χ1v) is 5.30. The lowest BCUT2D eigenvalue weighted by molar-refractivity contribution is -0.138. The van der Waals surface area contributed by atoms with E-state index < -0.39 is 17.7 Å². The zero-order chi connectivity index (χ0) is 13.2. The average molecular weight is 264 g/mol. The zero-order valence-electron chi connectivity index (χ0n) is 9.26. The van der Waals surface area contributed by atoms with Crippen LogP contribution in [0.15, 0.2) is 17.0 Å². The Morgan fingerprint density at radius 2 is 2.00 bits per heavy atom. The molecule has 2 nitrogen and oxygen atoms in total. The van der Waals surface area contributed by atoms with Gasteiger partial charge in [-0.1, -0.05) is 0 Å². The van der Waals surface area contributed by atoms with Crippen LogP contribution in [0.4, 0.5) is 13.2 Å². The van der Waals surface area contributed by atoms with Crippen molar-refractivity contribution in [2.45, 2.75) is 24.9 Å². The van der Waals surface area contributed by atoms with E-state index in [-0.39, 0.29) is 22.6 Å². The van der Waals surface area contributed by atoms with E-state index in [2.05, 4.69) is 12.6 Å². The Morgan fingerprint density at radius 1 is 1.41 bits per heavy atom. The standard InChI is InChI=1S/C11H11F3O2S/c1-3-16-10(15)7-4-5-8(11(12,13)14)6(2)9(7)17/h4-5,17H,3H2,1-2H3. The van der Waals surface area contributed by atoms with Gasteiger partial charge in [0, 0.05) is 4.90 Å². The molecule has 0 aliphatic heterocycles. The van der Waals surface area contributed by atoms with Crippen molar-refractivity contribution in [1.82, 2.24) is 0 Å². The largest absolute Gasteiger partial charge is 0.462 e. The Hall–Kier alpha value is -1.17. The van der Waals surface area contributed by atoms with Gasteiger partial charge in [-0.3, -0.25) is 0 Å². The molecule has 0 aromatic heterocycles. The summed E-state index contributed by atoms with van der Waals surface area (Å²) in [5.41, 5.74) is -0.831. The maximum atomic E-state index is 12.6. The summed E-state index contributed by atoms with van der Waals surface area (Å²) in [5.74, 6) is -0.672. The third-order valence-corrected chi connectivity index (χ3v) is 2.81. The number of carbonyl (C=O) groups excluding carboxylic acids is 1. The van der Waals surface area contributed by atoms with E-state index in [0.717, 1.165) is 12.1 Å². The highest BCUT2D eigenvalue weighted by molar-refractivity contribution is 7.80. The first-order chi connectivity index (χ1) is 7.79. The van der Waals surface area contributed by atoms with Crippen LogP contribution < -0.4 is 0 Å². The lowest BCUT2D eigenvalue weighted by Crippen LogP contribution is -2.12. The molecule has 1 aromatic carbocycles. The molecule has 17 heavy (non-hydrogen) atoms. The summed E-state index contributed by atoms with van der Waals surface area (Å²) in [6.07, 6.45) is -4.45. The van der Waals surface area contributed by atoms with Crippen LogP contribution in [0.25, 0.3) is 0 Å². The number of esters is 1. The van der Waals surface area contributed by atoms with Crippen molar-refractivity contribution < 1.29 is 22.7 Å². The summed E-state index contributed by atoms with van der Waals surface area (Å²) in [7, 11) is 0. The van der Waals surface area contributed by atoms with Gasteiger partial charge in [0.2, 0.25) is 0 Å². The molecule has 6 heteroatoms. The normalized spacial score (nSPS) is 11.4. The van der Waals surface area contributed by atoms with Crippen LogP contribution >= 0.6 is 12.6 Å².